The molecule has 0 amide bonds. The first-order valence-corrected chi connectivity index (χ1v) is 8.23. The van der Waals surface area contributed by atoms with E-state index in [0.717, 1.165) is 31.2 Å². The van der Waals surface area contributed by atoms with E-state index in [1.54, 1.807) is 14.2 Å². The zero-order valence-corrected chi connectivity index (χ0v) is 17.0. The second-order valence-electron chi connectivity index (χ2n) is 5.33. The van der Waals surface area contributed by atoms with Crippen molar-refractivity contribution in [2.75, 3.05) is 33.0 Å². The summed E-state index contributed by atoms with van der Waals surface area (Å²) in [6.07, 6.45) is 1.09. The Kier molecular flexibility index (Phi) is 11.8. The SMILES string of the molecule is CN=C(NCCCSc1ccccc1)NCC(C)(C)OC.I. The first kappa shape index (κ1) is 21.5. The smallest absolute Gasteiger partial charge is 0.191 e. The molecule has 0 aromatic heterocycles. The number of halogens is 1. The Labute approximate surface area is 155 Å². The Bertz CT molecular complexity index is 427. The second kappa shape index (κ2) is 12.0. The zero-order chi connectivity index (χ0) is 15.6. The molecule has 0 bridgehead atoms. The van der Waals surface area contributed by atoms with Crippen molar-refractivity contribution in [3.8, 4) is 0 Å². The van der Waals surface area contributed by atoms with Crippen molar-refractivity contribution in [2.24, 2.45) is 4.99 Å². The van der Waals surface area contributed by atoms with Gasteiger partial charge in [-0.25, -0.2) is 0 Å². The largest absolute Gasteiger partial charge is 0.377 e. The van der Waals surface area contributed by atoms with Crippen molar-refractivity contribution in [1.82, 2.24) is 10.6 Å². The van der Waals surface area contributed by atoms with E-state index in [1.165, 1.54) is 4.90 Å². The quantitative estimate of drug-likeness (QED) is 0.215. The molecule has 1 aromatic carbocycles. The van der Waals surface area contributed by atoms with Gasteiger partial charge in [0, 0.05) is 32.1 Å². The van der Waals surface area contributed by atoms with Crippen molar-refractivity contribution in [2.45, 2.75) is 30.8 Å². The van der Waals surface area contributed by atoms with Gasteiger partial charge in [-0.1, -0.05) is 18.2 Å². The molecule has 22 heavy (non-hydrogen) atoms. The minimum absolute atomic E-state index is 0. The molecule has 0 unspecified atom stereocenters. The summed E-state index contributed by atoms with van der Waals surface area (Å²) in [6.45, 7) is 5.72. The van der Waals surface area contributed by atoms with Gasteiger partial charge in [-0.2, -0.15) is 0 Å². The van der Waals surface area contributed by atoms with Crippen LogP contribution in [-0.2, 0) is 4.74 Å². The first-order valence-electron chi connectivity index (χ1n) is 7.25. The van der Waals surface area contributed by atoms with E-state index >= 15 is 0 Å². The van der Waals surface area contributed by atoms with Gasteiger partial charge in [-0.3, -0.25) is 4.99 Å². The summed E-state index contributed by atoms with van der Waals surface area (Å²) >= 11 is 1.88. The van der Waals surface area contributed by atoms with Gasteiger partial charge in [0.15, 0.2) is 5.96 Å². The van der Waals surface area contributed by atoms with Crippen molar-refractivity contribution in [3.63, 3.8) is 0 Å². The van der Waals surface area contributed by atoms with Crippen LogP contribution in [0.4, 0.5) is 0 Å². The van der Waals surface area contributed by atoms with Crippen molar-refractivity contribution in [3.05, 3.63) is 30.3 Å². The van der Waals surface area contributed by atoms with E-state index in [1.807, 2.05) is 31.7 Å². The number of nitrogens with zero attached hydrogens (tertiary/aromatic N) is 1. The highest BCUT2D eigenvalue weighted by Crippen LogP contribution is 2.17. The molecule has 1 rings (SSSR count). The van der Waals surface area contributed by atoms with Crippen LogP contribution in [0.15, 0.2) is 40.2 Å². The molecule has 126 valence electrons. The fourth-order valence-corrected chi connectivity index (χ4v) is 2.45. The number of hydrogen-bond donors (Lipinski definition) is 2. The van der Waals surface area contributed by atoms with Crippen LogP contribution in [-0.4, -0.2) is 44.6 Å². The number of ether oxygens (including phenoxy) is 1. The molecule has 0 spiro atoms. The Morgan fingerprint density at radius 3 is 2.50 bits per heavy atom. The van der Waals surface area contributed by atoms with Crippen LogP contribution in [0.2, 0.25) is 0 Å². The Morgan fingerprint density at radius 2 is 1.91 bits per heavy atom. The van der Waals surface area contributed by atoms with E-state index in [2.05, 4.69) is 39.9 Å². The molecule has 6 heteroatoms. The summed E-state index contributed by atoms with van der Waals surface area (Å²) in [7, 11) is 3.51. The third-order valence-corrected chi connectivity index (χ3v) is 4.18. The highest BCUT2D eigenvalue weighted by Gasteiger charge is 2.16. The highest BCUT2D eigenvalue weighted by molar-refractivity contribution is 14.0. The van der Waals surface area contributed by atoms with Gasteiger partial charge in [0.25, 0.3) is 0 Å². The van der Waals surface area contributed by atoms with Crippen molar-refractivity contribution < 1.29 is 4.74 Å². The summed E-state index contributed by atoms with van der Waals surface area (Å²) in [6, 6.07) is 10.5. The minimum atomic E-state index is -0.194. The van der Waals surface area contributed by atoms with Crippen molar-refractivity contribution in [1.29, 1.82) is 0 Å². The summed E-state index contributed by atoms with van der Waals surface area (Å²) in [4.78, 5) is 5.53. The van der Waals surface area contributed by atoms with Crippen LogP contribution in [0.25, 0.3) is 0 Å². The maximum atomic E-state index is 5.38. The maximum absolute atomic E-state index is 5.38. The number of rotatable bonds is 8. The topological polar surface area (TPSA) is 45.7 Å². The molecule has 0 heterocycles. The van der Waals surface area contributed by atoms with Gasteiger partial charge in [0.2, 0.25) is 0 Å². The Morgan fingerprint density at radius 1 is 1.23 bits per heavy atom. The van der Waals surface area contributed by atoms with Gasteiger partial charge in [0.1, 0.15) is 0 Å². The van der Waals surface area contributed by atoms with Crippen LogP contribution < -0.4 is 10.6 Å². The van der Waals surface area contributed by atoms with Crippen LogP contribution in [0.3, 0.4) is 0 Å². The summed E-state index contributed by atoms with van der Waals surface area (Å²) < 4.78 is 5.38. The fraction of sp³-hybridized carbons (Fsp3) is 0.562. The lowest BCUT2D eigenvalue weighted by Gasteiger charge is -2.24. The number of benzene rings is 1. The number of guanidine groups is 1. The third-order valence-electron chi connectivity index (χ3n) is 3.08. The number of aliphatic imine (C=N–C) groups is 1. The number of hydrogen-bond acceptors (Lipinski definition) is 3. The molecule has 2 N–H and O–H groups in total. The molecule has 0 aliphatic heterocycles. The zero-order valence-electron chi connectivity index (χ0n) is 13.9. The van der Waals surface area contributed by atoms with Gasteiger partial charge in [-0.05, 0) is 38.2 Å². The lowest BCUT2D eigenvalue weighted by molar-refractivity contribution is 0.0268. The predicted molar refractivity (Wildman–Crippen MR) is 108 cm³/mol. The normalized spacial score (nSPS) is 11.7. The van der Waals surface area contributed by atoms with Gasteiger partial charge < -0.3 is 15.4 Å². The molecular formula is C16H28IN3OS. The Balaban J connectivity index is 0.00000441. The van der Waals surface area contributed by atoms with Gasteiger partial charge >= 0.3 is 0 Å². The molecule has 0 fully saturated rings. The Hall–Kier alpha value is -0.470. The summed E-state index contributed by atoms with van der Waals surface area (Å²) in [5.41, 5.74) is -0.194. The molecule has 0 radical (unpaired) electrons. The van der Waals surface area contributed by atoms with Crippen LogP contribution in [0, 0.1) is 0 Å². The second-order valence-corrected chi connectivity index (χ2v) is 6.50. The van der Waals surface area contributed by atoms with E-state index < -0.39 is 0 Å². The molecular weight excluding hydrogens is 409 g/mol. The number of methoxy groups -OCH3 is 1. The standard InChI is InChI=1S/C16H27N3OS.HI/c1-16(2,20-4)13-19-15(17-3)18-11-8-12-21-14-9-6-5-7-10-14;/h5-7,9-10H,8,11-13H2,1-4H3,(H2,17,18,19);1H. The van der Waals surface area contributed by atoms with Gasteiger partial charge in [-0.15, -0.1) is 35.7 Å². The van der Waals surface area contributed by atoms with Crippen molar-refractivity contribution >= 4 is 41.7 Å². The lowest BCUT2D eigenvalue weighted by Crippen LogP contribution is -2.45. The molecule has 0 aliphatic carbocycles. The molecule has 4 nitrogen and oxygen atoms in total. The van der Waals surface area contributed by atoms with E-state index in [-0.39, 0.29) is 29.6 Å². The highest BCUT2D eigenvalue weighted by atomic mass is 127. The molecule has 0 saturated carbocycles. The lowest BCUT2D eigenvalue weighted by atomic mass is 10.1. The summed E-state index contributed by atoms with van der Waals surface area (Å²) in [5, 5.41) is 6.60. The fourth-order valence-electron chi connectivity index (χ4n) is 1.58. The average molecular weight is 437 g/mol. The molecule has 1 aromatic rings. The minimum Gasteiger partial charge on any atom is -0.377 e. The molecule has 0 aliphatic rings. The van der Waals surface area contributed by atoms with E-state index in [0.29, 0.717) is 0 Å². The van der Waals surface area contributed by atoms with Crippen LogP contribution in [0.5, 0.6) is 0 Å². The van der Waals surface area contributed by atoms with E-state index in [9.17, 15) is 0 Å². The maximum Gasteiger partial charge on any atom is 0.191 e. The molecule has 0 saturated heterocycles. The van der Waals surface area contributed by atoms with E-state index in [4.69, 9.17) is 4.74 Å². The number of nitrogens with one attached hydrogen (secondary N) is 2. The van der Waals surface area contributed by atoms with Crippen LogP contribution >= 0.6 is 35.7 Å². The predicted octanol–water partition coefficient (Wildman–Crippen LogP) is 3.38. The van der Waals surface area contributed by atoms with Gasteiger partial charge in [0.05, 0.1) is 5.60 Å². The number of thioether (sulfide) groups is 1. The third kappa shape index (κ3) is 9.53. The monoisotopic (exact) mass is 437 g/mol. The summed E-state index contributed by atoms with van der Waals surface area (Å²) in [5.74, 6) is 1.92. The molecule has 0 atom stereocenters. The average Bonchev–Trinajstić information content (AvgIpc) is 2.51. The first-order chi connectivity index (χ1) is 10.1. The van der Waals surface area contributed by atoms with Crippen LogP contribution in [0.1, 0.15) is 20.3 Å².